The Labute approximate surface area is 197 Å². The number of fused-ring (bicyclic) bond motifs is 1. The molecule has 158 valence electrons. The van der Waals surface area contributed by atoms with E-state index in [0.29, 0.717) is 16.7 Å². The van der Waals surface area contributed by atoms with Crippen molar-refractivity contribution in [1.82, 2.24) is 0 Å². The zero-order chi connectivity index (χ0) is 20.8. The molecule has 3 aromatic rings. The summed E-state index contributed by atoms with van der Waals surface area (Å²) in [5, 5.41) is 1.08. The monoisotopic (exact) mass is 496 g/mol. The van der Waals surface area contributed by atoms with Gasteiger partial charge in [0.05, 0.1) is 11.6 Å². The second-order valence-corrected chi connectivity index (χ2v) is 6.76. The Morgan fingerprint density at radius 2 is 1.60 bits per heavy atom. The van der Waals surface area contributed by atoms with E-state index < -0.39 is 11.6 Å². The van der Waals surface area contributed by atoms with Crippen LogP contribution >= 0.6 is 0 Å². The van der Waals surface area contributed by atoms with Gasteiger partial charge in [-0.15, -0.1) is 30.0 Å². The van der Waals surface area contributed by atoms with Crippen LogP contribution < -0.4 is 0 Å². The Morgan fingerprint density at radius 3 is 2.07 bits per heavy atom. The third-order valence-corrected chi connectivity index (χ3v) is 5.11. The molecule has 0 bridgehead atoms. The SMILES string of the molecule is CC1=[C-]C(C)C(C)=C1C.Fc1cc(F)c2c(-c3ccccc3)c[cH-]c2c1.[CH3-].[CH3-].[Si]=[Zr]. The Balaban J connectivity index is 0.000000558. The van der Waals surface area contributed by atoms with Gasteiger partial charge < -0.3 is 14.9 Å². The first-order valence-corrected chi connectivity index (χ1v) is 13.2. The summed E-state index contributed by atoms with van der Waals surface area (Å²) in [6, 6.07) is 15.4. The van der Waals surface area contributed by atoms with Gasteiger partial charge in [0.2, 0.25) is 0 Å². The van der Waals surface area contributed by atoms with Crippen molar-refractivity contribution in [1.29, 1.82) is 0 Å². The van der Waals surface area contributed by atoms with Gasteiger partial charge >= 0.3 is 30.2 Å². The third kappa shape index (κ3) is 6.49. The molecule has 0 fully saturated rings. The molecule has 0 aliphatic heterocycles. The summed E-state index contributed by atoms with van der Waals surface area (Å²) in [6.07, 6.45) is 3.36. The fourth-order valence-electron chi connectivity index (χ4n) is 3.29. The quantitative estimate of drug-likeness (QED) is 0.238. The summed E-state index contributed by atoms with van der Waals surface area (Å²) in [5.74, 6) is -0.492. The van der Waals surface area contributed by atoms with Crippen molar-refractivity contribution in [2.45, 2.75) is 27.7 Å². The van der Waals surface area contributed by atoms with Crippen molar-refractivity contribution in [3.05, 3.63) is 104 Å². The normalized spacial score (nSPS) is 14.4. The minimum atomic E-state index is -0.541. The van der Waals surface area contributed by atoms with E-state index in [-0.39, 0.29) is 14.9 Å². The topological polar surface area (TPSA) is 0 Å². The molecule has 0 saturated carbocycles. The van der Waals surface area contributed by atoms with E-state index in [1.165, 1.54) is 46.1 Å². The van der Waals surface area contributed by atoms with Gasteiger partial charge in [0.25, 0.3) is 0 Å². The molecule has 4 rings (SSSR count). The number of rotatable bonds is 1. The van der Waals surface area contributed by atoms with Gasteiger partial charge in [0, 0.05) is 0 Å². The first kappa shape index (κ1) is 28.5. The van der Waals surface area contributed by atoms with Crippen molar-refractivity contribution in [3.8, 4) is 11.1 Å². The zero-order valence-corrected chi connectivity index (χ0v) is 22.0. The first-order valence-electron chi connectivity index (χ1n) is 9.01. The van der Waals surface area contributed by atoms with E-state index in [1.807, 2.05) is 36.4 Å². The molecule has 1 unspecified atom stereocenters. The fourth-order valence-corrected chi connectivity index (χ4v) is 3.29. The number of hydrogen-bond donors (Lipinski definition) is 0. The van der Waals surface area contributed by atoms with Gasteiger partial charge in [-0.3, -0.25) is 6.08 Å². The molecule has 1 atom stereocenters. The first-order chi connectivity index (χ1) is 13.4. The van der Waals surface area contributed by atoms with Crippen LogP contribution in [0.3, 0.4) is 0 Å². The molecular weight excluding hydrogens is 470 g/mol. The molecule has 1 aliphatic carbocycles. The number of benzene rings is 2. The average molecular weight is 498 g/mol. The summed E-state index contributed by atoms with van der Waals surface area (Å²) in [4.78, 5) is 0. The van der Waals surface area contributed by atoms with E-state index >= 15 is 0 Å². The summed E-state index contributed by atoms with van der Waals surface area (Å²) in [6.45, 7) is 11.7. The van der Waals surface area contributed by atoms with Crippen molar-refractivity contribution in [2.24, 2.45) is 5.92 Å². The molecule has 0 heterocycles. The second kappa shape index (κ2) is 13.0. The van der Waals surface area contributed by atoms with E-state index in [2.05, 4.69) is 40.7 Å². The van der Waals surface area contributed by atoms with Crippen LogP contribution in [0, 0.1) is 38.5 Å². The molecule has 3 aromatic carbocycles. The zero-order valence-electron chi connectivity index (χ0n) is 18.5. The van der Waals surface area contributed by atoms with E-state index in [0.717, 1.165) is 17.2 Å². The summed E-state index contributed by atoms with van der Waals surface area (Å²) in [5.41, 5.74) is 5.99. The second-order valence-electron chi connectivity index (χ2n) is 6.76. The standard InChI is InChI=1S/C15H9F2.C9H13.2CH3.Si.Zr/c16-12-8-11-6-7-13(15(11)14(17)9-12)10-4-2-1-3-5-10;1-6-5-7(2)9(4)8(6)3;;;;/h1-9H;6H,1-4H3;2*1H3;;/q4*-1;;. The predicted molar refractivity (Wildman–Crippen MR) is 123 cm³/mol. The van der Waals surface area contributed by atoms with Crippen LogP contribution in [0.25, 0.3) is 21.9 Å². The fraction of sp³-hybridized carbons (Fsp3) is 0.192. The molecule has 30 heavy (non-hydrogen) atoms. The predicted octanol–water partition coefficient (Wildman–Crippen LogP) is 7.74. The van der Waals surface area contributed by atoms with Crippen LogP contribution in [0.5, 0.6) is 0 Å². The van der Waals surface area contributed by atoms with Crippen LogP contribution in [0.4, 0.5) is 8.78 Å². The Bertz CT molecular complexity index is 1020. The van der Waals surface area contributed by atoms with Crippen LogP contribution in [-0.4, -0.2) is 6.88 Å². The van der Waals surface area contributed by atoms with E-state index in [4.69, 9.17) is 0 Å². The summed E-state index contributed by atoms with van der Waals surface area (Å²) >= 11 is 1.36. The molecule has 2 radical (unpaired) electrons. The summed E-state index contributed by atoms with van der Waals surface area (Å²) < 4.78 is 26.9. The molecule has 0 nitrogen and oxygen atoms in total. The van der Waals surface area contributed by atoms with Crippen molar-refractivity contribution < 1.29 is 32.1 Å². The molecule has 0 N–H and O–H groups in total. The minimum absolute atomic E-state index is 0. The molecule has 0 spiro atoms. The maximum atomic E-state index is 13.8. The van der Waals surface area contributed by atoms with Crippen molar-refractivity contribution in [2.75, 3.05) is 0 Å². The van der Waals surface area contributed by atoms with E-state index in [9.17, 15) is 8.78 Å². The maximum absolute atomic E-state index is 13.8. The van der Waals surface area contributed by atoms with Crippen molar-refractivity contribution >= 4 is 17.7 Å². The van der Waals surface area contributed by atoms with Crippen LogP contribution in [0.1, 0.15) is 27.7 Å². The van der Waals surface area contributed by atoms with Crippen LogP contribution in [-0.2, 0) is 23.3 Å². The molecule has 0 amide bonds. The average Bonchev–Trinajstić information content (AvgIpc) is 3.22. The molecule has 0 aromatic heterocycles. The van der Waals surface area contributed by atoms with Gasteiger partial charge in [0.1, 0.15) is 0 Å². The van der Waals surface area contributed by atoms with Gasteiger partial charge in [-0.1, -0.05) is 74.0 Å². The molecule has 4 heteroatoms. The number of allylic oxidation sites excluding steroid dienone is 4. The van der Waals surface area contributed by atoms with E-state index in [1.54, 1.807) is 6.07 Å². The molecule has 0 saturated heterocycles. The van der Waals surface area contributed by atoms with Gasteiger partial charge in [-0.2, -0.15) is 11.1 Å². The van der Waals surface area contributed by atoms with Gasteiger partial charge in [-0.25, -0.2) is 14.4 Å². The molecule has 1 aliphatic rings. The third-order valence-electron chi connectivity index (χ3n) is 5.11. The van der Waals surface area contributed by atoms with Crippen LogP contribution in [0.2, 0.25) is 0 Å². The Hall–Kier alpha value is -1.51. The molecular formula is C26H28F2SiZr-4. The number of halogens is 2. The van der Waals surface area contributed by atoms with Crippen molar-refractivity contribution in [3.63, 3.8) is 0 Å². The Kier molecular flexibility index (Phi) is 12.4. The Morgan fingerprint density at radius 1 is 1.00 bits per heavy atom. The summed E-state index contributed by atoms with van der Waals surface area (Å²) in [7, 11) is 0. The van der Waals surface area contributed by atoms with Crippen LogP contribution in [0.15, 0.2) is 71.3 Å². The van der Waals surface area contributed by atoms with Gasteiger partial charge in [0.15, 0.2) is 0 Å². The van der Waals surface area contributed by atoms with Gasteiger partial charge in [-0.05, 0) is 6.07 Å². The number of hydrogen-bond acceptors (Lipinski definition) is 0.